The molecule has 104 valence electrons. The van der Waals surface area contributed by atoms with Gasteiger partial charge >= 0.3 is 5.97 Å². The summed E-state index contributed by atoms with van der Waals surface area (Å²) in [5, 5.41) is 3.12. The molecule has 3 nitrogen and oxygen atoms in total. The molecular formula is C15H20FNO2. The standard InChI is InChI=1S/C15H20FNO2/c1-4-19-15(18)12(3)10-17-8-7-13-5-6-14(16)9-11(13)2/h5-6,9,17H,3-4,7-8,10H2,1-2H3. The molecular weight excluding hydrogens is 245 g/mol. The van der Waals surface area contributed by atoms with Crippen LogP contribution in [0, 0.1) is 12.7 Å². The van der Waals surface area contributed by atoms with E-state index >= 15 is 0 Å². The molecule has 0 fully saturated rings. The highest BCUT2D eigenvalue weighted by Gasteiger charge is 2.06. The molecule has 0 spiro atoms. The van der Waals surface area contributed by atoms with Crippen molar-refractivity contribution in [3.05, 3.63) is 47.3 Å². The summed E-state index contributed by atoms with van der Waals surface area (Å²) in [5.74, 6) is -0.585. The number of hydrogen-bond acceptors (Lipinski definition) is 3. The molecule has 0 unspecified atom stereocenters. The van der Waals surface area contributed by atoms with E-state index in [9.17, 15) is 9.18 Å². The van der Waals surface area contributed by atoms with Gasteiger partial charge in [-0.25, -0.2) is 9.18 Å². The Balaban J connectivity index is 2.31. The van der Waals surface area contributed by atoms with Gasteiger partial charge in [0.2, 0.25) is 0 Å². The van der Waals surface area contributed by atoms with Gasteiger partial charge in [-0.1, -0.05) is 12.6 Å². The smallest absolute Gasteiger partial charge is 0.334 e. The molecule has 1 aromatic carbocycles. The van der Waals surface area contributed by atoms with E-state index in [1.165, 1.54) is 12.1 Å². The van der Waals surface area contributed by atoms with Gasteiger partial charge in [-0.05, 0) is 50.1 Å². The van der Waals surface area contributed by atoms with Gasteiger partial charge in [0, 0.05) is 12.1 Å². The Hall–Kier alpha value is -1.68. The fourth-order valence-electron chi connectivity index (χ4n) is 1.71. The van der Waals surface area contributed by atoms with Crippen LogP contribution in [0.1, 0.15) is 18.1 Å². The van der Waals surface area contributed by atoms with Gasteiger partial charge < -0.3 is 10.1 Å². The van der Waals surface area contributed by atoms with E-state index < -0.39 is 0 Å². The number of hydrogen-bond donors (Lipinski definition) is 1. The molecule has 0 aliphatic heterocycles. The summed E-state index contributed by atoms with van der Waals surface area (Å²) >= 11 is 0. The second-order valence-corrected chi connectivity index (χ2v) is 4.32. The van der Waals surface area contributed by atoms with E-state index in [4.69, 9.17) is 4.74 Å². The van der Waals surface area contributed by atoms with E-state index in [0.717, 1.165) is 17.5 Å². The van der Waals surface area contributed by atoms with E-state index in [1.807, 2.05) is 6.92 Å². The zero-order valence-corrected chi connectivity index (χ0v) is 11.5. The first-order valence-electron chi connectivity index (χ1n) is 6.35. The van der Waals surface area contributed by atoms with Crippen molar-refractivity contribution in [1.82, 2.24) is 5.32 Å². The number of ether oxygens (including phenoxy) is 1. The van der Waals surface area contributed by atoms with Crippen molar-refractivity contribution in [2.75, 3.05) is 19.7 Å². The molecule has 0 atom stereocenters. The van der Waals surface area contributed by atoms with Crippen molar-refractivity contribution in [3.8, 4) is 0 Å². The van der Waals surface area contributed by atoms with E-state index in [1.54, 1.807) is 13.0 Å². The molecule has 0 aliphatic rings. The minimum Gasteiger partial charge on any atom is -0.463 e. The number of esters is 1. The summed E-state index contributed by atoms with van der Waals surface area (Å²) in [6.07, 6.45) is 0.780. The summed E-state index contributed by atoms with van der Waals surface area (Å²) in [6, 6.07) is 4.76. The monoisotopic (exact) mass is 265 g/mol. The Kier molecular flexibility index (Phi) is 6.22. The number of aryl methyl sites for hydroxylation is 1. The van der Waals surface area contributed by atoms with Crippen LogP contribution >= 0.6 is 0 Å². The molecule has 0 heterocycles. The fourth-order valence-corrected chi connectivity index (χ4v) is 1.71. The maximum Gasteiger partial charge on any atom is 0.334 e. The summed E-state index contributed by atoms with van der Waals surface area (Å²) in [6.45, 7) is 8.76. The molecule has 0 saturated carbocycles. The van der Waals surface area contributed by atoms with Crippen LogP contribution in [0.15, 0.2) is 30.4 Å². The predicted octanol–water partition coefficient (Wildman–Crippen LogP) is 2.39. The minimum absolute atomic E-state index is 0.218. The van der Waals surface area contributed by atoms with Crippen LogP contribution in [-0.4, -0.2) is 25.7 Å². The Morgan fingerprint density at radius 2 is 2.21 bits per heavy atom. The van der Waals surface area contributed by atoms with Gasteiger partial charge in [0.05, 0.1) is 6.61 Å². The van der Waals surface area contributed by atoms with Crippen molar-refractivity contribution in [2.24, 2.45) is 0 Å². The molecule has 1 aromatic rings. The number of nitrogens with one attached hydrogen (secondary N) is 1. The van der Waals surface area contributed by atoms with Crippen molar-refractivity contribution in [3.63, 3.8) is 0 Å². The topological polar surface area (TPSA) is 38.3 Å². The van der Waals surface area contributed by atoms with Gasteiger partial charge in [0.1, 0.15) is 5.82 Å². The van der Waals surface area contributed by atoms with Crippen LogP contribution in [0.2, 0.25) is 0 Å². The molecule has 0 radical (unpaired) electrons. The highest BCUT2D eigenvalue weighted by molar-refractivity contribution is 5.88. The first-order valence-corrected chi connectivity index (χ1v) is 6.35. The maximum atomic E-state index is 12.9. The van der Waals surface area contributed by atoms with Crippen molar-refractivity contribution >= 4 is 5.97 Å². The first kappa shape index (κ1) is 15.4. The van der Waals surface area contributed by atoms with Crippen molar-refractivity contribution < 1.29 is 13.9 Å². The largest absolute Gasteiger partial charge is 0.463 e. The predicted molar refractivity (Wildman–Crippen MR) is 73.5 cm³/mol. The van der Waals surface area contributed by atoms with E-state index in [0.29, 0.717) is 25.3 Å². The zero-order chi connectivity index (χ0) is 14.3. The Bertz CT molecular complexity index is 457. The fraction of sp³-hybridized carbons (Fsp3) is 0.400. The average molecular weight is 265 g/mol. The third kappa shape index (κ3) is 5.22. The summed E-state index contributed by atoms with van der Waals surface area (Å²) in [7, 11) is 0. The Morgan fingerprint density at radius 1 is 1.47 bits per heavy atom. The lowest BCUT2D eigenvalue weighted by molar-refractivity contribution is -0.138. The molecule has 0 bridgehead atoms. The molecule has 0 aliphatic carbocycles. The average Bonchev–Trinajstić information content (AvgIpc) is 2.36. The number of rotatable bonds is 7. The van der Waals surface area contributed by atoms with Crippen LogP contribution in [0.5, 0.6) is 0 Å². The lowest BCUT2D eigenvalue weighted by Crippen LogP contribution is -2.24. The first-order chi connectivity index (χ1) is 9.04. The Morgan fingerprint density at radius 3 is 2.84 bits per heavy atom. The van der Waals surface area contributed by atoms with Crippen LogP contribution in [0.3, 0.4) is 0 Å². The molecule has 0 saturated heterocycles. The van der Waals surface area contributed by atoms with E-state index in [2.05, 4.69) is 11.9 Å². The van der Waals surface area contributed by atoms with Gasteiger partial charge in [0.15, 0.2) is 0 Å². The minimum atomic E-state index is -0.368. The second kappa shape index (κ2) is 7.69. The zero-order valence-electron chi connectivity index (χ0n) is 11.5. The van der Waals surface area contributed by atoms with Gasteiger partial charge in [-0.15, -0.1) is 0 Å². The molecule has 1 rings (SSSR count). The third-order valence-electron chi connectivity index (χ3n) is 2.78. The van der Waals surface area contributed by atoms with Gasteiger partial charge in [0.25, 0.3) is 0 Å². The third-order valence-corrected chi connectivity index (χ3v) is 2.78. The highest BCUT2D eigenvalue weighted by atomic mass is 19.1. The summed E-state index contributed by atoms with van der Waals surface area (Å²) < 4.78 is 17.8. The lowest BCUT2D eigenvalue weighted by Gasteiger charge is -2.09. The van der Waals surface area contributed by atoms with Gasteiger partial charge in [-0.3, -0.25) is 0 Å². The van der Waals surface area contributed by atoms with Crippen LogP contribution < -0.4 is 5.32 Å². The summed E-state index contributed by atoms with van der Waals surface area (Å²) in [4.78, 5) is 11.3. The SMILES string of the molecule is C=C(CNCCc1ccc(F)cc1C)C(=O)OCC. The molecule has 19 heavy (non-hydrogen) atoms. The molecule has 4 heteroatoms. The lowest BCUT2D eigenvalue weighted by atomic mass is 10.1. The molecule has 0 amide bonds. The quantitative estimate of drug-likeness (QED) is 0.467. The van der Waals surface area contributed by atoms with Crippen molar-refractivity contribution in [2.45, 2.75) is 20.3 Å². The van der Waals surface area contributed by atoms with Crippen LogP contribution in [0.4, 0.5) is 4.39 Å². The van der Waals surface area contributed by atoms with E-state index in [-0.39, 0.29) is 11.8 Å². The van der Waals surface area contributed by atoms with Crippen LogP contribution in [0.25, 0.3) is 0 Å². The summed E-state index contributed by atoms with van der Waals surface area (Å²) in [5.41, 5.74) is 2.44. The maximum absolute atomic E-state index is 12.9. The number of halogens is 1. The number of carbonyl (C=O) groups is 1. The van der Waals surface area contributed by atoms with Crippen molar-refractivity contribution in [1.29, 1.82) is 0 Å². The molecule has 0 aromatic heterocycles. The van der Waals surface area contributed by atoms with Crippen LogP contribution in [-0.2, 0) is 16.0 Å². The Labute approximate surface area is 113 Å². The number of benzene rings is 1. The molecule has 1 N–H and O–H groups in total. The second-order valence-electron chi connectivity index (χ2n) is 4.32. The van der Waals surface area contributed by atoms with Gasteiger partial charge in [-0.2, -0.15) is 0 Å². The highest BCUT2D eigenvalue weighted by Crippen LogP contribution is 2.10. The normalized spacial score (nSPS) is 10.3. The number of carbonyl (C=O) groups excluding carboxylic acids is 1.